The highest BCUT2D eigenvalue weighted by Gasteiger charge is 2.11. The Kier molecular flexibility index (Phi) is 2.17. The zero-order valence-electron chi connectivity index (χ0n) is 6.32. The molecule has 3 nitrogen and oxygen atoms in total. The van der Waals surface area contributed by atoms with E-state index in [2.05, 4.69) is 20.9 Å². The Morgan fingerprint density at radius 1 is 1.62 bits per heavy atom. The van der Waals surface area contributed by atoms with E-state index in [0.29, 0.717) is 20.2 Å². The quantitative estimate of drug-likeness (QED) is 0.786. The molecule has 2 aromatic rings. The van der Waals surface area contributed by atoms with Crippen LogP contribution in [0.2, 0.25) is 0 Å². The molecule has 2 heterocycles. The molecule has 0 aliphatic heterocycles. The number of rotatable bonds is 1. The van der Waals surface area contributed by atoms with Crippen molar-refractivity contribution in [1.29, 1.82) is 5.26 Å². The molecule has 0 aromatic carbocycles. The van der Waals surface area contributed by atoms with Gasteiger partial charge in [-0.2, -0.15) is 5.26 Å². The SMILES string of the molecule is N#Cc1sc(-c2ccco2)nc1Br. The van der Waals surface area contributed by atoms with Crippen molar-refractivity contribution in [2.45, 2.75) is 0 Å². The second-order valence-corrected chi connectivity index (χ2v) is 3.98. The van der Waals surface area contributed by atoms with Crippen molar-refractivity contribution in [3.05, 3.63) is 27.9 Å². The Bertz CT molecular complexity index is 455. The summed E-state index contributed by atoms with van der Waals surface area (Å²) in [5.41, 5.74) is 0. The van der Waals surface area contributed by atoms with E-state index in [1.54, 1.807) is 12.3 Å². The van der Waals surface area contributed by atoms with Crippen LogP contribution in [0.15, 0.2) is 27.4 Å². The Labute approximate surface area is 86.8 Å². The van der Waals surface area contributed by atoms with Crippen molar-refractivity contribution in [1.82, 2.24) is 4.98 Å². The summed E-state index contributed by atoms with van der Waals surface area (Å²) in [4.78, 5) is 4.70. The van der Waals surface area contributed by atoms with Crippen LogP contribution in [0.25, 0.3) is 10.8 Å². The number of thiazole rings is 1. The highest BCUT2D eigenvalue weighted by molar-refractivity contribution is 9.10. The maximum Gasteiger partial charge on any atom is 0.162 e. The van der Waals surface area contributed by atoms with Crippen molar-refractivity contribution >= 4 is 27.3 Å². The summed E-state index contributed by atoms with van der Waals surface area (Å²) in [5.74, 6) is 0.687. The lowest BCUT2D eigenvalue weighted by Gasteiger charge is -1.84. The van der Waals surface area contributed by atoms with Crippen molar-refractivity contribution in [2.24, 2.45) is 0 Å². The first-order valence-electron chi connectivity index (χ1n) is 3.41. The van der Waals surface area contributed by atoms with Gasteiger partial charge in [0.15, 0.2) is 10.8 Å². The summed E-state index contributed by atoms with van der Waals surface area (Å²) < 4.78 is 5.73. The number of nitrogens with zero attached hydrogens (tertiary/aromatic N) is 2. The molecular formula is C8H3BrN2OS. The molecule has 2 rings (SSSR count). The van der Waals surface area contributed by atoms with Crippen LogP contribution in [-0.2, 0) is 0 Å². The Balaban J connectivity index is 2.50. The van der Waals surface area contributed by atoms with Gasteiger partial charge in [-0.15, -0.1) is 0 Å². The van der Waals surface area contributed by atoms with E-state index in [1.165, 1.54) is 11.3 Å². The van der Waals surface area contributed by atoms with E-state index in [9.17, 15) is 0 Å². The molecule has 0 amide bonds. The van der Waals surface area contributed by atoms with Gasteiger partial charge < -0.3 is 4.42 Å². The van der Waals surface area contributed by atoms with E-state index in [-0.39, 0.29) is 0 Å². The highest BCUT2D eigenvalue weighted by Crippen LogP contribution is 2.30. The van der Waals surface area contributed by atoms with Gasteiger partial charge in [0.2, 0.25) is 0 Å². The molecule has 0 radical (unpaired) electrons. The predicted molar refractivity (Wildman–Crippen MR) is 52.2 cm³/mol. The smallest absolute Gasteiger partial charge is 0.162 e. The second kappa shape index (κ2) is 3.32. The van der Waals surface area contributed by atoms with E-state index in [0.717, 1.165) is 0 Å². The van der Waals surface area contributed by atoms with Gasteiger partial charge >= 0.3 is 0 Å². The topological polar surface area (TPSA) is 49.8 Å². The third-order valence-electron chi connectivity index (χ3n) is 1.42. The molecular weight excluding hydrogens is 252 g/mol. The van der Waals surface area contributed by atoms with E-state index < -0.39 is 0 Å². The van der Waals surface area contributed by atoms with Crippen LogP contribution in [0.3, 0.4) is 0 Å². The summed E-state index contributed by atoms with van der Waals surface area (Å²) in [7, 11) is 0. The first kappa shape index (κ1) is 8.48. The van der Waals surface area contributed by atoms with E-state index in [1.807, 2.05) is 12.1 Å². The summed E-state index contributed by atoms with van der Waals surface area (Å²) >= 11 is 4.50. The lowest BCUT2D eigenvalue weighted by molar-refractivity contribution is 0.582. The number of aromatic nitrogens is 1. The van der Waals surface area contributed by atoms with Crippen molar-refractivity contribution in [3.63, 3.8) is 0 Å². The van der Waals surface area contributed by atoms with Gasteiger partial charge in [0.05, 0.1) is 6.26 Å². The fraction of sp³-hybridized carbons (Fsp3) is 0. The van der Waals surface area contributed by atoms with Crippen LogP contribution in [0.4, 0.5) is 0 Å². The van der Waals surface area contributed by atoms with Gasteiger partial charge in [-0.25, -0.2) is 4.98 Å². The molecule has 0 N–H and O–H groups in total. The first-order chi connectivity index (χ1) is 6.31. The predicted octanol–water partition coefficient (Wildman–Crippen LogP) is 3.04. The molecule has 0 saturated carbocycles. The van der Waals surface area contributed by atoms with Gasteiger partial charge in [0.25, 0.3) is 0 Å². The minimum absolute atomic E-state index is 0.561. The molecule has 2 aromatic heterocycles. The number of furan rings is 1. The number of halogens is 1. The average molecular weight is 255 g/mol. The molecule has 0 bridgehead atoms. The fourth-order valence-electron chi connectivity index (χ4n) is 0.876. The van der Waals surface area contributed by atoms with Gasteiger partial charge in [0.1, 0.15) is 15.5 Å². The molecule has 64 valence electrons. The standard InChI is InChI=1S/C8H3BrN2OS/c9-7-6(4-10)13-8(11-7)5-2-1-3-12-5/h1-3H. The normalized spacial score (nSPS) is 9.85. The molecule has 0 unspecified atom stereocenters. The molecule has 0 atom stereocenters. The fourth-order valence-corrected chi connectivity index (χ4v) is 2.22. The van der Waals surface area contributed by atoms with Crippen LogP contribution in [-0.4, -0.2) is 4.98 Å². The Hall–Kier alpha value is -1.12. The second-order valence-electron chi connectivity index (χ2n) is 2.23. The average Bonchev–Trinajstić information content (AvgIpc) is 2.71. The maximum absolute atomic E-state index is 8.69. The molecule has 0 spiro atoms. The van der Waals surface area contributed by atoms with Crippen LogP contribution in [0, 0.1) is 11.3 Å². The summed E-state index contributed by atoms with van der Waals surface area (Å²) in [6.45, 7) is 0. The molecule has 5 heteroatoms. The zero-order chi connectivity index (χ0) is 9.26. The maximum atomic E-state index is 8.69. The monoisotopic (exact) mass is 254 g/mol. The van der Waals surface area contributed by atoms with Gasteiger partial charge in [-0.1, -0.05) is 11.3 Å². The minimum Gasteiger partial charge on any atom is -0.462 e. The molecule has 0 fully saturated rings. The van der Waals surface area contributed by atoms with Crippen LogP contribution < -0.4 is 0 Å². The molecule has 0 aliphatic carbocycles. The zero-order valence-corrected chi connectivity index (χ0v) is 8.72. The summed E-state index contributed by atoms with van der Waals surface area (Å²) in [6, 6.07) is 5.65. The largest absolute Gasteiger partial charge is 0.462 e. The third-order valence-corrected chi connectivity index (χ3v) is 3.23. The van der Waals surface area contributed by atoms with Crippen molar-refractivity contribution in [3.8, 4) is 16.8 Å². The van der Waals surface area contributed by atoms with Crippen molar-refractivity contribution in [2.75, 3.05) is 0 Å². The van der Waals surface area contributed by atoms with Gasteiger partial charge in [-0.05, 0) is 28.1 Å². The molecule has 0 aliphatic rings. The number of hydrogen-bond donors (Lipinski definition) is 0. The first-order valence-corrected chi connectivity index (χ1v) is 5.02. The van der Waals surface area contributed by atoms with E-state index in [4.69, 9.17) is 9.68 Å². The third kappa shape index (κ3) is 1.50. The number of nitriles is 1. The highest BCUT2D eigenvalue weighted by atomic mass is 79.9. The minimum atomic E-state index is 0.561. The number of hydrogen-bond acceptors (Lipinski definition) is 4. The summed E-state index contributed by atoms with van der Waals surface area (Å²) in [5, 5.41) is 9.41. The van der Waals surface area contributed by atoms with Crippen molar-refractivity contribution < 1.29 is 4.42 Å². The molecule has 13 heavy (non-hydrogen) atoms. The van der Waals surface area contributed by atoms with Gasteiger partial charge in [0, 0.05) is 0 Å². The lowest BCUT2D eigenvalue weighted by atomic mass is 10.5. The van der Waals surface area contributed by atoms with Gasteiger partial charge in [-0.3, -0.25) is 0 Å². The van der Waals surface area contributed by atoms with E-state index >= 15 is 0 Å². The lowest BCUT2D eigenvalue weighted by Crippen LogP contribution is -1.69. The Morgan fingerprint density at radius 2 is 2.46 bits per heavy atom. The van der Waals surface area contributed by atoms with Crippen LogP contribution >= 0.6 is 27.3 Å². The summed E-state index contributed by atoms with van der Waals surface area (Å²) in [6.07, 6.45) is 1.58. The van der Waals surface area contributed by atoms with Crippen LogP contribution in [0.1, 0.15) is 4.88 Å². The van der Waals surface area contributed by atoms with Crippen LogP contribution in [0.5, 0.6) is 0 Å². The molecule has 0 saturated heterocycles. The Morgan fingerprint density at radius 3 is 3.00 bits per heavy atom.